The highest BCUT2D eigenvalue weighted by Crippen LogP contribution is 2.27. The molecule has 0 atom stereocenters. The number of aromatic carboxylic acids is 1. The average molecular weight is 329 g/mol. The van der Waals surface area contributed by atoms with Gasteiger partial charge in [0, 0.05) is 16.3 Å². The summed E-state index contributed by atoms with van der Waals surface area (Å²) in [6, 6.07) is 5.16. The molecule has 0 fully saturated rings. The zero-order valence-corrected chi connectivity index (χ0v) is 11.8. The normalized spacial score (nSPS) is 10.6. The molecule has 0 aliphatic carbocycles. The first-order valence-corrected chi connectivity index (χ1v) is 6.79. The van der Waals surface area contributed by atoms with Crippen LogP contribution in [0.3, 0.4) is 0 Å². The van der Waals surface area contributed by atoms with Crippen LogP contribution < -0.4 is 0 Å². The fourth-order valence-electron chi connectivity index (χ4n) is 1.30. The predicted molar refractivity (Wildman–Crippen MR) is 69.7 cm³/mol. The Labute approximate surface area is 116 Å². The summed E-state index contributed by atoms with van der Waals surface area (Å²) in [5, 5.41) is 16.6. The molecule has 0 saturated heterocycles. The number of thioether (sulfide) groups is 1. The lowest BCUT2D eigenvalue weighted by Gasteiger charge is -2.03. The summed E-state index contributed by atoms with van der Waals surface area (Å²) < 4.78 is 5.80. The molecule has 0 unspecified atom stereocenters. The summed E-state index contributed by atoms with van der Waals surface area (Å²) in [6.07, 6.45) is 0. The van der Waals surface area contributed by atoms with Crippen molar-refractivity contribution in [2.24, 2.45) is 0 Å². The Morgan fingerprint density at radius 2 is 2.28 bits per heavy atom. The first kappa shape index (κ1) is 13.1. The molecule has 0 bridgehead atoms. The predicted octanol–water partition coefficient (Wildman–Crippen LogP) is 3.13. The van der Waals surface area contributed by atoms with Crippen molar-refractivity contribution < 1.29 is 14.3 Å². The van der Waals surface area contributed by atoms with Gasteiger partial charge in [-0.15, -0.1) is 22.0 Å². The summed E-state index contributed by atoms with van der Waals surface area (Å²) in [5.41, 5.74) is 0.238. The number of hydrogen-bond donors (Lipinski definition) is 1. The molecule has 0 spiro atoms. The van der Waals surface area contributed by atoms with Crippen molar-refractivity contribution in [2.75, 3.05) is 0 Å². The van der Waals surface area contributed by atoms with Crippen molar-refractivity contribution in [3.63, 3.8) is 0 Å². The van der Waals surface area contributed by atoms with E-state index in [9.17, 15) is 4.79 Å². The van der Waals surface area contributed by atoms with Crippen molar-refractivity contribution in [1.29, 1.82) is 0 Å². The molecule has 1 heterocycles. The molecular formula is C11H9BrN2O3S. The van der Waals surface area contributed by atoms with E-state index >= 15 is 0 Å². The Bertz CT molecular complexity index is 585. The third-order valence-corrected chi connectivity index (χ3v) is 3.77. The van der Waals surface area contributed by atoms with E-state index in [4.69, 9.17) is 9.52 Å². The monoisotopic (exact) mass is 328 g/mol. The molecule has 0 radical (unpaired) electrons. The molecule has 2 rings (SSSR count). The highest BCUT2D eigenvalue weighted by molar-refractivity contribution is 9.10. The lowest BCUT2D eigenvalue weighted by atomic mass is 10.2. The van der Waals surface area contributed by atoms with E-state index in [1.54, 1.807) is 19.1 Å². The summed E-state index contributed by atoms with van der Waals surface area (Å²) in [6.45, 7) is 1.73. The molecule has 0 saturated carbocycles. The van der Waals surface area contributed by atoms with Gasteiger partial charge in [0.1, 0.15) is 0 Å². The Morgan fingerprint density at radius 3 is 2.89 bits per heavy atom. The number of aryl methyl sites for hydroxylation is 1. The number of rotatable bonds is 4. The van der Waals surface area contributed by atoms with Crippen molar-refractivity contribution in [1.82, 2.24) is 10.2 Å². The van der Waals surface area contributed by atoms with E-state index in [2.05, 4.69) is 26.1 Å². The van der Waals surface area contributed by atoms with Gasteiger partial charge in [-0.05, 0) is 34.1 Å². The van der Waals surface area contributed by atoms with Gasteiger partial charge in [-0.1, -0.05) is 0 Å². The molecule has 94 valence electrons. The van der Waals surface area contributed by atoms with Crippen molar-refractivity contribution >= 4 is 33.7 Å². The van der Waals surface area contributed by atoms with E-state index in [0.717, 1.165) is 4.90 Å². The van der Waals surface area contributed by atoms with Crippen LogP contribution in [0.1, 0.15) is 22.1 Å². The Morgan fingerprint density at radius 1 is 1.50 bits per heavy atom. The van der Waals surface area contributed by atoms with Gasteiger partial charge in [0.05, 0.1) is 11.3 Å². The van der Waals surface area contributed by atoms with E-state index < -0.39 is 5.97 Å². The van der Waals surface area contributed by atoms with Gasteiger partial charge in [-0.25, -0.2) is 4.79 Å². The number of aromatic nitrogens is 2. The fraction of sp³-hybridized carbons (Fsp3) is 0.182. The van der Waals surface area contributed by atoms with Crippen LogP contribution in [0.25, 0.3) is 0 Å². The second-order valence-electron chi connectivity index (χ2n) is 3.45. The second kappa shape index (κ2) is 5.53. The standard InChI is InChI=1S/C11H9BrN2O3S/c1-6-13-14-10(17-6)5-18-7-2-3-9(12)8(4-7)11(15)16/h2-4H,5H2,1H3,(H,15,16). The number of carboxylic acids is 1. The molecule has 0 aliphatic heterocycles. The van der Waals surface area contributed by atoms with Gasteiger partial charge in [0.2, 0.25) is 11.8 Å². The van der Waals surface area contributed by atoms with Crippen LogP contribution in [-0.4, -0.2) is 21.3 Å². The topological polar surface area (TPSA) is 76.2 Å². The highest BCUT2D eigenvalue weighted by atomic mass is 79.9. The van der Waals surface area contributed by atoms with E-state index in [1.165, 1.54) is 11.8 Å². The molecule has 1 N–H and O–H groups in total. The zero-order chi connectivity index (χ0) is 13.1. The number of carboxylic acid groups (broad SMARTS) is 1. The van der Waals surface area contributed by atoms with Crippen LogP contribution in [0.5, 0.6) is 0 Å². The second-order valence-corrected chi connectivity index (χ2v) is 5.35. The summed E-state index contributed by atoms with van der Waals surface area (Å²) in [7, 11) is 0. The maximum Gasteiger partial charge on any atom is 0.336 e. The molecule has 2 aromatic rings. The van der Waals surface area contributed by atoms with E-state index in [-0.39, 0.29) is 5.56 Å². The molecule has 1 aromatic carbocycles. The van der Waals surface area contributed by atoms with Crippen LogP contribution in [0.4, 0.5) is 0 Å². The van der Waals surface area contributed by atoms with Crippen LogP contribution >= 0.6 is 27.7 Å². The molecular weight excluding hydrogens is 320 g/mol. The fourth-order valence-corrected chi connectivity index (χ4v) is 2.49. The smallest absolute Gasteiger partial charge is 0.336 e. The van der Waals surface area contributed by atoms with E-state index in [1.807, 2.05) is 6.07 Å². The van der Waals surface area contributed by atoms with Crippen molar-refractivity contribution in [3.8, 4) is 0 Å². The molecule has 0 amide bonds. The lowest BCUT2D eigenvalue weighted by molar-refractivity contribution is 0.0695. The summed E-state index contributed by atoms with van der Waals surface area (Å²) in [5.74, 6) is 0.601. The van der Waals surface area contributed by atoms with Gasteiger partial charge in [0.25, 0.3) is 0 Å². The lowest BCUT2D eigenvalue weighted by Crippen LogP contribution is -1.97. The van der Waals surface area contributed by atoms with Crippen LogP contribution in [0.2, 0.25) is 0 Å². The first-order valence-electron chi connectivity index (χ1n) is 5.01. The zero-order valence-electron chi connectivity index (χ0n) is 9.38. The average Bonchev–Trinajstić information content (AvgIpc) is 2.74. The molecule has 1 aromatic heterocycles. The Balaban J connectivity index is 2.10. The quantitative estimate of drug-likeness (QED) is 0.869. The minimum atomic E-state index is -0.960. The Kier molecular flexibility index (Phi) is 4.03. The number of carbonyl (C=O) groups is 1. The third-order valence-electron chi connectivity index (χ3n) is 2.10. The summed E-state index contributed by atoms with van der Waals surface area (Å²) in [4.78, 5) is 11.8. The molecule has 18 heavy (non-hydrogen) atoms. The minimum absolute atomic E-state index is 0.238. The van der Waals surface area contributed by atoms with Crippen LogP contribution in [-0.2, 0) is 5.75 Å². The van der Waals surface area contributed by atoms with Gasteiger partial charge in [-0.2, -0.15) is 0 Å². The Hall–Kier alpha value is -1.34. The van der Waals surface area contributed by atoms with Crippen LogP contribution in [0.15, 0.2) is 32.0 Å². The van der Waals surface area contributed by atoms with E-state index in [0.29, 0.717) is 22.0 Å². The molecule has 0 aliphatic rings. The minimum Gasteiger partial charge on any atom is -0.478 e. The highest BCUT2D eigenvalue weighted by Gasteiger charge is 2.10. The van der Waals surface area contributed by atoms with Gasteiger partial charge >= 0.3 is 5.97 Å². The third kappa shape index (κ3) is 3.11. The van der Waals surface area contributed by atoms with Crippen molar-refractivity contribution in [2.45, 2.75) is 17.6 Å². The SMILES string of the molecule is Cc1nnc(CSc2ccc(Br)c(C(=O)O)c2)o1. The number of benzene rings is 1. The van der Waals surface area contributed by atoms with Crippen LogP contribution in [0, 0.1) is 6.92 Å². The molecule has 5 nitrogen and oxygen atoms in total. The molecule has 7 heteroatoms. The summed E-state index contributed by atoms with van der Waals surface area (Å²) >= 11 is 4.65. The number of hydrogen-bond acceptors (Lipinski definition) is 5. The first-order chi connectivity index (χ1) is 8.56. The maximum absolute atomic E-state index is 11.0. The van der Waals surface area contributed by atoms with Gasteiger partial charge in [-0.3, -0.25) is 0 Å². The van der Waals surface area contributed by atoms with Crippen molar-refractivity contribution in [3.05, 3.63) is 40.0 Å². The van der Waals surface area contributed by atoms with Gasteiger partial charge in [0.15, 0.2) is 0 Å². The number of halogens is 1. The maximum atomic E-state index is 11.0. The largest absolute Gasteiger partial charge is 0.478 e. The number of nitrogens with zero attached hydrogens (tertiary/aromatic N) is 2. The van der Waals surface area contributed by atoms with Gasteiger partial charge < -0.3 is 9.52 Å².